The summed E-state index contributed by atoms with van der Waals surface area (Å²) in [6, 6.07) is -1.52. The van der Waals surface area contributed by atoms with Crippen LogP contribution < -0.4 is 15.5 Å². The minimum Gasteiger partial charge on any atom is -0.862 e. The number of rotatable bonds is 2. The summed E-state index contributed by atoms with van der Waals surface area (Å²) in [7, 11) is 0. The largest absolute Gasteiger partial charge is 2.00 e. The molecule has 2 aliphatic heterocycles. The van der Waals surface area contributed by atoms with Crippen LogP contribution in [0.2, 0.25) is 0 Å². The molecular formula is C10H12N2NiO6. The van der Waals surface area contributed by atoms with E-state index in [-0.39, 0.29) is 34.7 Å². The summed E-state index contributed by atoms with van der Waals surface area (Å²) in [5, 5.41) is 30.9. The van der Waals surface area contributed by atoms with Crippen LogP contribution in [0.1, 0.15) is 25.7 Å². The Hall–Kier alpha value is -1.63. The zero-order chi connectivity index (χ0) is 13.7. The first-order valence-electron chi connectivity index (χ1n) is 5.37. The first-order valence-corrected chi connectivity index (χ1v) is 5.37. The second kappa shape index (κ2) is 7.73. The standard InChI is InChI=1S/2C5H7NO3.Ni/c2*7-4-2-1-3(6-4)5(8)9;/h2*3H,1-2H2,(H,6,7)(H,8,9);/q;;+2/p-2. The SMILES string of the molecule is O=C([O-])C1CCC([O-])=N1.O=C1CCC(C(=O)O)N1.[Ni+2]. The molecule has 0 aromatic carbocycles. The molecule has 0 bridgehead atoms. The van der Waals surface area contributed by atoms with Crippen LogP contribution in [0.4, 0.5) is 0 Å². The molecule has 2 heterocycles. The first kappa shape index (κ1) is 17.4. The van der Waals surface area contributed by atoms with E-state index in [9.17, 15) is 24.6 Å². The van der Waals surface area contributed by atoms with Gasteiger partial charge in [-0.3, -0.25) is 9.79 Å². The number of nitrogens with zero attached hydrogens (tertiary/aromatic N) is 1. The van der Waals surface area contributed by atoms with Crippen molar-refractivity contribution in [2.24, 2.45) is 4.99 Å². The second-order valence-corrected chi connectivity index (χ2v) is 3.89. The Balaban J connectivity index is 0.000000324. The van der Waals surface area contributed by atoms with Crippen molar-refractivity contribution < 1.29 is 46.2 Å². The van der Waals surface area contributed by atoms with Gasteiger partial charge in [-0.1, -0.05) is 0 Å². The summed E-state index contributed by atoms with van der Waals surface area (Å²) in [5.41, 5.74) is 0. The molecule has 2 unspecified atom stereocenters. The Morgan fingerprint density at radius 1 is 1.32 bits per heavy atom. The molecule has 0 spiro atoms. The Bertz CT molecular complexity index is 397. The van der Waals surface area contributed by atoms with Gasteiger partial charge in [-0.25, -0.2) is 4.79 Å². The van der Waals surface area contributed by atoms with Crippen molar-refractivity contribution >= 4 is 23.7 Å². The van der Waals surface area contributed by atoms with Crippen molar-refractivity contribution in [3.63, 3.8) is 0 Å². The summed E-state index contributed by atoms with van der Waals surface area (Å²) in [4.78, 5) is 33.8. The molecule has 9 heteroatoms. The van der Waals surface area contributed by atoms with Gasteiger partial charge in [0.15, 0.2) is 0 Å². The van der Waals surface area contributed by atoms with E-state index in [0.717, 1.165) is 0 Å². The maximum absolute atomic E-state index is 10.4. The zero-order valence-electron chi connectivity index (χ0n) is 9.74. The topological polar surface area (TPSA) is 142 Å². The molecule has 108 valence electrons. The van der Waals surface area contributed by atoms with Crippen molar-refractivity contribution in [1.29, 1.82) is 0 Å². The van der Waals surface area contributed by atoms with Crippen LogP contribution in [0.3, 0.4) is 0 Å². The number of amides is 1. The Morgan fingerprint density at radius 2 is 1.95 bits per heavy atom. The van der Waals surface area contributed by atoms with Gasteiger partial charge in [0, 0.05) is 6.42 Å². The van der Waals surface area contributed by atoms with E-state index in [1.807, 2.05) is 0 Å². The zero-order valence-corrected chi connectivity index (χ0v) is 10.7. The van der Waals surface area contributed by atoms with Crippen LogP contribution >= 0.6 is 0 Å². The summed E-state index contributed by atoms with van der Waals surface area (Å²) in [5.74, 6) is -2.69. The number of hydrogen-bond acceptors (Lipinski definition) is 6. The average Bonchev–Trinajstić information content (AvgIpc) is 2.88. The second-order valence-electron chi connectivity index (χ2n) is 3.89. The maximum atomic E-state index is 10.4. The van der Waals surface area contributed by atoms with Crippen LogP contribution in [0, 0.1) is 0 Å². The Kier molecular flexibility index (Phi) is 7.07. The number of nitrogens with one attached hydrogen (secondary N) is 1. The Labute approximate surface area is 118 Å². The molecule has 2 atom stereocenters. The molecule has 1 saturated heterocycles. The summed E-state index contributed by atoms with van der Waals surface area (Å²) in [6.45, 7) is 0. The van der Waals surface area contributed by atoms with E-state index in [1.54, 1.807) is 0 Å². The number of carbonyl (C=O) groups excluding carboxylic acids is 2. The number of hydrogen-bond donors (Lipinski definition) is 2. The van der Waals surface area contributed by atoms with E-state index in [1.165, 1.54) is 0 Å². The normalized spacial score (nSPS) is 24.4. The van der Waals surface area contributed by atoms with Crippen molar-refractivity contribution in [2.75, 3.05) is 0 Å². The van der Waals surface area contributed by atoms with E-state index < -0.39 is 24.0 Å². The van der Waals surface area contributed by atoms with Crippen LogP contribution in [-0.2, 0) is 30.9 Å². The smallest absolute Gasteiger partial charge is 0.862 e. The fourth-order valence-electron chi connectivity index (χ4n) is 1.53. The van der Waals surface area contributed by atoms with Crippen molar-refractivity contribution in [3.05, 3.63) is 0 Å². The van der Waals surface area contributed by atoms with Gasteiger partial charge < -0.3 is 25.4 Å². The van der Waals surface area contributed by atoms with Crippen LogP contribution in [0.15, 0.2) is 4.99 Å². The van der Waals surface area contributed by atoms with Crippen LogP contribution in [0.25, 0.3) is 0 Å². The number of carboxylic acids is 2. The third-order valence-corrected chi connectivity index (χ3v) is 2.50. The van der Waals surface area contributed by atoms with Gasteiger partial charge in [0.05, 0.1) is 12.0 Å². The molecule has 0 saturated carbocycles. The molecular weight excluding hydrogens is 303 g/mol. The fraction of sp³-hybridized carbons (Fsp3) is 0.600. The van der Waals surface area contributed by atoms with E-state index >= 15 is 0 Å². The van der Waals surface area contributed by atoms with Gasteiger partial charge in [0.2, 0.25) is 5.91 Å². The third-order valence-electron chi connectivity index (χ3n) is 2.50. The molecule has 0 aromatic heterocycles. The summed E-state index contributed by atoms with van der Waals surface area (Å²) < 4.78 is 0. The number of carboxylic acid groups (broad SMARTS) is 2. The van der Waals surface area contributed by atoms with Crippen LogP contribution in [-0.4, -0.2) is 40.9 Å². The molecule has 19 heavy (non-hydrogen) atoms. The quantitative estimate of drug-likeness (QED) is 0.520. The van der Waals surface area contributed by atoms with E-state index in [2.05, 4.69) is 10.3 Å². The predicted molar refractivity (Wildman–Crippen MR) is 54.3 cm³/mol. The molecule has 2 N–H and O–H groups in total. The van der Waals surface area contributed by atoms with Crippen molar-refractivity contribution in [3.8, 4) is 0 Å². The van der Waals surface area contributed by atoms with Gasteiger partial charge in [0.25, 0.3) is 0 Å². The number of aliphatic imine (C=N–C) groups is 1. The molecule has 1 amide bonds. The third kappa shape index (κ3) is 5.69. The number of carbonyl (C=O) groups is 3. The summed E-state index contributed by atoms with van der Waals surface area (Å²) >= 11 is 0. The van der Waals surface area contributed by atoms with Crippen molar-refractivity contribution in [2.45, 2.75) is 37.8 Å². The maximum Gasteiger partial charge on any atom is 2.00 e. The van der Waals surface area contributed by atoms with Gasteiger partial charge in [-0.15, -0.1) is 0 Å². The predicted octanol–water partition coefficient (Wildman–Crippen LogP) is -3.00. The van der Waals surface area contributed by atoms with Gasteiger partial charge >= 0.3 is 22.5 Å². The molecule has 0 aliphatic carbocycles. The first-order chi connectivity index (χ1) is 8.40. The Morgan fingerprint density at radius 3 is 2.16 bits per heavy atom. The molecule has 0 radical (unpaired) electrons. The fourth-order valence-corrected chi connectivity index (χ4v) is 1.53. The molecule has 2 rings (SSSR count). The minimum atomic E-state index is -1.25. The van der Waals surface area contributed by atoms with Gasteiger partial charge in [0.1, 0.15) is 6.04 Å². The van der Waals surface area contributed by atoms with Gasteiger partial charge in [-0.2, -0.15) is 0 Å². The number of aliphatic carboxylic acids is 2. The van der Waals surface area contributed by atoms with Gasteiger partial charge in [-0.05, 0) is 25.2 Å². The summed E-state index contributed by atoms with van der Waals surface area (Å²) in [6.07, 6.45) is 1.32. The van der Waals surface area contributed by atoms with Crippen molar-refractivity contribution in [1.82, 2.24) is 5.32 Å². The molecule has 0 aromatic rings. The molecule has 8 nitrogen and oxygen atoms in total. The minimum absolute atomic E-state index is 0. The molecule has 1 fully saturated rings. The van der Waals surface area contributed by atoms with E-state index in [0.29, 0.717) is 19.3 Å². The average molecular weight is 315 g/mol. The monoisotopic (exact) mass is 314 g/mol. The molecule has 2 aliphatic rings. The van der Waals surface area contributed by atoms with E-state index in [4.69, 9.17) is 5.11 Å². The van der Waals surface area contributed by atoms with Crippen LogP contribution in [0.5, 0.6) is 0 Å².